The van der Waals surface area contributed by atoms with Crippen LogP contribution in [0, 0.1) is 5.92 Å². The number of pyridine rings is 1. The molecule has 1 saturated heterocycles. The van der Waals surface area contributed by atoms with Crippen molar-refractivity contribution in [2.45, 2.75) is 36.9 Å². The van der Waals surface area contributed by atoms with E-state index >= 15 is 0 Å². The van der Waals surface area contributed by atoms with E-state index in [1.54, 1.807) is 28.6 Å². The van der Waals surface area contributed by atoms with Gasteiger partial charge in [-0.15, -0.1) is 11.3 Å². The average Bonchev–Trinajstić information content (AvgIpc) is 3.58. The van der Waals surface area contributed by atoms with Gasteiger partial charge in [0, 0.05) is 25.2 Å². The van der Waals surface area contributed by atoms with Crippen LogP contribution in [0.2, 0.25) is 0 Å². The van der Waals surface area contributed by atoms with E-state index in [9.17, 15) is 13.2 Å². The summed E-state index contributed by atoms with van der Waals surface area (Å²) in [7, 11) is -3.51. The van der Waals surface area contributed by atoms with Crippen LogP contribution in [0.3, 0.4) is 0 Å². The predicted molar refractivity (Wildman–Crippen MR) is 140 cm³/mol. The Morgan fingerprint density at radius 3 is 2.63 bits per heavy atom. The number of nitrogens with zero attached hydrogens (tertiary/aromatic N) is 4. The van der Waals surface area contributed by atoms with Crippen molar-refractivity contribution >= 4 is 54.0 Å². The maximum absolute atomic E-state index is 13.8. The zero-order valence-corrected chi connectivity index (χ0v) is 21.8. The van der Waals surface area contributed by atoms with Gasteiger partial charge in [0.05, 0.1) is 22.5 Å². The number of rotatable bonds is 7. The summed E-state index contributed by atoms with van der Waals surface area (Å²) in [6.07, 6.45) is 3.55. The number of benzene rings is 1. The number of thiazole rings is 1. The van der Waals surface area contributed by atoms with Crippen molar-refractivity contribution < 1.29 is 13.2 Å². The van der Waals surface area contributed by atoms with Crippen LogP contribution in [-0.4, -0.2) is 41.7 Å². The van der Waals surface area contributed by atoms with Gasteiger partial charge in [0.1, 0.15) is 4.21 Å². The van der Waals surface area contributed by atoms with Gasteiger partial charge in [0.15, 0.2) is 5.13 Å². The smallest absolute Gasteiger partial charge is 0.252 e. The highest BCUT2D eigenvalue weighted by Gasteiger charge is 2.35. The first-order valence-corrected chi connectivity index (χ1v) is 14.7. The highest BCUT2D eigenvalue weighted by Crippen LogP contribution is 2.34. The minimum absolute atomic E-state index is 0.0269. The summed E-state index contributed by atoms with van der Waals surface area (Å²) >= 11 is 2.73. The summed E-state index contributed by atoms with van der Waals surface area (Å²) in [6.45, 7) is 3.08. The molecule has 1 aromatic carbocycles. The van der Waals surface area contributed by atoms with Crippen molar-refractivity contribution in [2.75, 3.05) is 18.0 Å². The molecule has 1 aliphatic rings. The Morgan fingerprint density at radius 1 is 1.11 bits per heavy atom. The maximum Gasteiger partial charge on any atom is 0.252 e. The summed E-state index contributed by atoms with van der Waals surface area (Å²) in [5, 5.41) is 2.42. The first-order chi connectivity index (χ1) is 17.0. The minimum Gasteiger partial charge on any atom is -0.282 e. The van der Waals surface area contributed by atoms with Gasteiger partial charge in [0.2, 0.25) is 5.91 Å². The maximum atomic E-state index is 13.8. The molecule has 7 nitrogen and oxygen atoms in total. The number of hydrogen-bond donors (Lipinski definition) is 0. The second kappa shape index (κ2) is 10.1. The lowest BCUT2D eigenvalue weighted by molar-refractivity contribution is -0.123. The van der Waals surface area contributed by atoms with Crippen molar-refractivity contribution in [1.29, 1.82) is 0 Å². The lowest BCUT2D eigenvalue weighted by atomic mass is 9.96. The summed E-state index contributed by atoms with van der Waals surface area (Å²) in [6, 6.07) is 15.2. The standard InChI is InChI=1S/C25H26N4O3S3/c1-2-18-7-5-9-21-23(18)27-25(34-21)29(17-20-8-3-4-13-26-20)24(30)19-11-14-28(15-12-19)35(31,32)22-10-6-16-33-22/h3-10,13,16,19H,2,11-12,14-15,17H2,1H3. The van der Waals surface area contributed by atoms with E-state index in [1.165, 1.54) is 27.0 Å². The number of hydrogen-bond acceptors (Lipinski definition) is 7. The molecule has 1 amide bonds. The predicted octanol–water partition coefficient (Wildman–Crippen LogP) is 4.95. The monoisotopic (exact) mass is 526 g/mol. The number of fused-ring (bicyclic) bond motifs is 1. The molecular formula is C25H26N4O3S3. The molecule has 0 N–H and O–H groups in total. The molecule has 0 atom stereocenters. The van der Waals surface area contributed by atoms with E-state index in [0.717, 1.165) is 27.9 Å². The largest absolute Gasteiger partial charge is 0.282 e. The number of anilines is 1. The van der Waals surface area contributed by atoms with Crippen molar-refractivity contribution in [3.8, 4) is 0 Å². The van der Waals surface area contributed by atoms with Gasteiger partial charge in [0.25, 0.3) is 10.0 Å². The van der Waals surface area contributed by atoms with Crippen molar-refractivity contribution in [1.82, 2.24) is 14.3 Å². The molecule has 0 unspecified atom stereocenters. The zero-order valence-electron chi connectivity index (χ0n) is 19.3. The van der Waals surface area contributed by atoms with E-state index in [4.69, 9.17) is 4.98 Å². The molecule has 0 aliphatic carbocycles. The first kappa shape index (κ1) is 24.1. The van der Waals surface area contributed by atoms with Crippen LogP contribution < -0.4 is 4.90 Å². The lowest BCUT2D eigenvalue weighted by Gasteiger charge is -2.32. The first-order valence-electron chi connectivity index (χ1n) is 11.6. The fourth-order valence-electron chi connectivity index (χ4n) is 4.39. The third-order valence-electron chi connectivity index (χ3n) is 6.31. The van der Waals surface area contributed by atoms with Gasteiger partial charge in [-0.2, -0.15) is 4.31 Å². The molecule has 0 spiro atoms. The normalized spacial score (nSPS) is 15.5. The summed E-state index contributed by atoms with van der Waals surface area (Å²) in [5.41, 5.74) is 2.88. The molecular weight excluding hydrogens is 501 g/mol. The van der Waals surface area contributed by atoms with Crippen LogP contribution in [0.5, 0.6) is 0 Å². The van der Waals surface area contributed by atoms with Crippen LogP contribution in [0.25, 0.3) is 10.2 Å². The number of piperidine rings is 1. The molecule has 3 aromatic heterocycles. The number of carbonyl (C=O) groups is 1. The zero-order chi connectivity index (χ0) is 24.4. The lowest BCUT2D eigenvalue weighted by Crippen LogP contribution is -2.44. The average molecular weight is 527 g/mol. The fraction of sp³-hybridized carbons (Fsp3) is 0.320. The summed E-state index contributed by atoms with van der Waals surface area (Å²) in [4.78, 5) is 24.9. The number of para-hydroxylation sites is 1. The number of amides is 1. The van der Waals surface area contributed by atoms with Gasteiger partial charge in [-0.05, 0) is 54.5 Å². The van der Waals surface area contributed by atoms with Crippen LogP contribution >= 0.6 is 22.7 Å². The van der Waals surface area contributed by atoms with E-state index in [0.29, 0.717) is 41.8 Å². The van der Waals surface area contributed by atoms with Crippen molar-refractivity contribution in [3.05, 3.63) is 71.4 Å². The second-order valence-corrected chi connectivity index (χ2v) is 12.6. The van der Waals surface area contributed by atoms with Crippen LogP contribution in [0.4, 0.5) is 5.13 Å². The molecule has 0 bridgehead atoms. The van der Waals surface area contributed by atoms with E-state index < -0.39 is 10.0 Å². The third-order valence-corrected chi connectivity index (χ3v) is 10.6. The Hall–Kier alpha value is -2.66. The summed E-state index contributed by atoms with van der Waals surface area (Å²) in [5.74, 6) is -0.299. The topological polar surface area (TPSA) is 83.5 Å². The fourth-order valence-corrected chi connectivity index (χ4v) is 8.02. The van der Waals surface area contributed by atoms with Crippen LogP contribution in [0.1, 0.15) is 31.0 Å². The molecule has 4 aromatic rings. The molecule has 4 heterocycles. The molecule has 10 heteroatoms. The molecule has 0 saturated carbocycles. The SMILES string of the molecule is CCc1cccc2sc(N(Cc3ccccn3)C(=O)C3CCN(S(=O)(=O)c4cccs4)CC3)nc12. The quantitative estimate of drug-likeness (QED) is 0.340. The molecule has 5 rings (SSSR count). The highest BCUT2D eigenvalue weighted by molar-refractivity contribution is 7.91. The van der Waals surface area contributed by atoms with Gasteiger partial charge >= 0.3 is 0 Å². The highest BCUT2D eigenvalue weighted by atomic mass is 32.2. The van der Waals surface area contributed by atoms with E-state index in [-0.39, 0.29) is 11.8 Å². The second-order valence-electron chi connectivity index (χ2n) is 8.47. The molecule has 1 aliphatic heterocycles. The van der Waals surface area contributed by atoms with Crippen LogP contribution in [-0.2, 0) is 27.8 Å². The van der Waals surface area contributed by atoms with Gasteiger partial charge in [-0.1, -0.05) is 42.5 Å². The van der Waals surface area contributed by atoms with Gasteiger partial charge < -0.3 is 0 Å². The Morgan fingerprint density at radius 2 is 1.94 bits per heavy atom. The number of aryl methyl sites for hydroxylation is 1. The van der Waals surface area contributed by atoms with E-state index in [2.05, 4.69) is 18.0 Å². The van der Waals surface area contributed by atoms with Crippen molar-refractivity contribution in [3.63, 3.8) is 0 Å². The Balaban J connectivity index is 1.40. The minimum atomic E-state index is -3.51. The Kier molecular flexibility index (Phi) is 6.97. The number of sulfonamides is 1. The number of thiophene rings is 1. The van der Waals surface area contributed by atoms with Crippen LogP contribution in [0.15, 0.2) is 64.3 Å². The van der Waals surface area contributed by atoms with Gasteiger partial charge in [-0.25, -0.2) is 13.4 Å². The van der Waals surface area contributed by atoms with Crippen molar-refractivity contribution in [2.24, 2.45) is 5.92 Å². The van der Waals surface area contributed by atoms with E-state index in [1.807, 2.05) is 30.3 Å². The Labute approximate surface area is 213 Å². The number of carbonyl (C=O) groups excluding carboxylic acids is 1. The third kappa shape index (κ3) is 4.88. The Bertz CT molecular complexity index is 1410. The van der Waals surface area contributed by atoms with Gasteiger partial charge in [-0.3, -0.25) is 14.7 Å². The molecule has 0 radical (unpaired) electrons. The molecule has 35 heavy (non-hydrogen) atoms. The summed E-state index contributed by atoms with van der Waals surface area (Å²) < 4.78 is 28.7. The molecule has 1 fully saturated rings. The number of aromatic nitrogens is 2. The molecule has 182 valence electrons.